The molecule has 3 atom stereocenters. The lowest BCUT2D eigenvalue weighted by molar-refractivity contribution is 0.0959. The van der Waals surface area contributed by atoms with Gasteiger partial charge < -0.3 is 0 Å². The molecule has 1 aromatic heterocycles. The molecule has 0 aliphatic heterocycles. The zero-order chi connectivity index (χ0) is 13.9. The molecule has 1 fully saturated rings. The topological polar surface area (TPSA) is 17.1 Å². The molecule has 0 N–H and O–H groups in total. The van der Waals surface area contributed by atoms with Gasteiger partial charge in [0.2, 0.25) is 0 Å². The SMILES string of the molecule is Cc1sc(Br)cc1C(=O)C1C2CCc3ccccc3C21. The van der Waals surface area contributed by atoms with Crippen LogP contribution in [0, 0.1) is 18.8 Å². The predicted octanol–water partition coefficient (Wildman–Crippen LogP) is 4.98. The maximum Gasteiger partial charge on any atom is 0.168 e. The summed E-state index contributed by atoms with van der Waals surface area (Å²) in [7, 11) is 0. The monoisotopic (exact) mass is 346 g/mol. The molecule has 3 unspecified atom stereocenters. The lowest BCUT2D eigenvalue weighted by Gasteiger charge is -2.13. The van der Waals surface area contributed by atoms with Crippen LogP contribution in [0.4, 0.5) is 0 Å². The van der Waals surface area contributed by atoms with E-state index in [1.54, 1.807) is 11.3 Å². The highest BCUT2D eigenvalue weighted by Gasteiger charge is 2.57. The number of rotatable bonds is 2. The van der Waals surface area contributed by atoms with Crippen LogP contribution in [0.2, 0.25) is 0 Å². The van der Waals surface area contributed by atoms with Crippen LogP contribution >= 0.6 is 27.3 Å². The lowest BCUT2D eigenvalue weighted by Crippen LogP contribution is -2.04. The highest BCUT2D eigenvalue weighted by Crippen LogP contribution is 2.61. The third-order valence-electron chi connectivity index (χ3n) is 4.79. The second-order valence-electron chi connectivity index (χ2n) is 5.84. The summed E-state index contributed by atoms with van der Waals surface area (Å²) in [5.74, 6) is 1.64. The Labute approximate surface area is 131 Å². The standard InChI is InChI=1S/C17H15BrOS/c1-9-13(8-14(18)20-9)17(19)16-12-7-6-10-4-2-3-5-11(10)15(12)16/h2-5,8,12,15-16H,6-7H2,1H3. The summed E-state index contributed by atoms with van der Waals surface area (Å²) in [5.41, 5.74) is 3.81. The van der Waals surface area contributed by atoms with Crippen molar-refractivity contribution in [3.63, 3.8) is 0 Å². The molecule has 0 saturated heterocycles. The van der Waals surface area contributed by atoms with Gasteiger partial charge in [-0.25, -0.2) is 0 Å². The summed E-state index contributed by atoms with van der Waals surface area (Å²) >= 11 is 5.15. The van der Waals surface area contributed by atoms with Crippen molar-refractivity contribution in [1.82, 2.24) is 0 Å². The summed E-state index contributed by atoms with van der Waals surface area (Å²) in [6.45, 7) is 2.04. The van der Waals surface area contributed by atoms with E-state index in [2.05, 4.69) is 40.2 Å². The fourth-order valence-corrected chi connectivity index (χ4v) is 5.49. The Morgan fingerprint density at radius 3 is 2.90 bits per heavy atom. The van der Waals surface area contributed by atoms with Gasteiger partial charge in [-0.3, -0.25) is 4.79 Å². The minimum atomic E-state index is 0.221. The first-order chi connectivity index (χ1) is 9.66. The van der Waals surface area contributed by atoms with Crippen molar-refractivity contribution in [2.45, 2.75) is 25.7 Å². The Morgan fingerprint density at radius 1 is 1.35 bits per heavy atom. The smallest absolute Gasteiger partial charge is 0.168 e. The fraction of sp³-hybridized carbons (Fsp3) is 0.353. The van der Waals surface area contributed by atoms with Crippen molar-refractivity contribution in [1.29, 1.82) is 0 Å². The summed E-state index contributed by atoms with van der Waals surface area (Å²) < 4.78 is 1.06. The molecule has 0 bridgehead atoms. The molecule has 102 valence electrons. The molecule has 1 saturated carbocycles. The maximum absolute atomic E-state index is 12.8. The van der Waals surface area contributed by atoms with Crippen molar-refractivity contribution < 1.29 is 4.79 Å². The number of carbonyl (C=O) groups is 1. The van der Waals surface area contributed by atoms with Crippen LogP contribution in [0.25, 0.3) is 0 Å². The number of fused-ring (bicyclic) bond motifs is 3. The van der Waals surface area contributed by atoms with Gasteiger partial charge in [0, 0.05) is 16.4 Å². The molecular formula is C17H15BrOS. The first-order valence-corrected chi connectivity index (χ1v) is 8.65. The number of halogens is 1. The zero-order valence-corrected chi connectivity index (χ0v) is 13.6. The molecule has 0 radical (unpaired) electrons. The highest BCUT2D eigenvalue weighted by molar-refractivity contribution is 9.11. The normalized spacial score (nSPS) is 26.8. The van der Waals surface area contributed by atoms with E-state index in [1.807, 2.05) is 13.0 Å². The minimum Gasteiger partial charge on any atom is -0.294 e. The van der Waals surface area contributed by atoms with Gasteiger partial charge in [0.1, 0.15) is 0 Å². The van der Waals surface area contributed by atoms with Crippen LogP contribution in [-0.4, -0.2) is 5.78 Å². The number of benzene rings is 1. The molecule has 1 aromatic carbocycles. The molecule has 0 amide bonds. The predicted molar refractivity (Wildman–Crippen MR) is 85.6 cm³/mol. The number of hydrogen-bond donors (Lipinski definition) is 0. The molecule has 1 heterocycles. The van der Waals surface area contributed by atoms with Gasteiger partial charge >= 0.3 is 0 Å². The Balaban J connectivity index is 1.67. The van der Waals surface area contributed by atoms with Crippen molar-refractivity contribution in [3.8, 4) is 0 Å². The number of aryl methyl sites for hydroxylation is 2. The molecule has 0 spiro atoms. The Hall–Kier alpha value is -0.930. The summed E-state index contributed by atoms with van der Waals surface area (Å²) in [6.07, 6.45) is 2.30. The van der Waals surface area contributed by atoms with Gasteiger partial charge in [0.15, 0.2) is 5.78 Å². The molecule has 1 nitrogen and oxygen atoms in total. The number of thiophene rings is 1. The second-order valence-corrected chi connectivity index (χ2v) is 8.47. The van der Waals surface area contributed by atoms with Crippen LogP contribution in [0.15, 0.2) is 34.1 Å². The van der Waals surface area contributed by atoms with Crippen molar-refractivity contribution in [2.24, 2.45) is 11.8 Å². The van der Waals surface area contributed by atoms with E-state index >= 15 is 0 Å². The largest absolute Gasteiger partial charge is 0.294 e. The lowest BCUT2D eigenvalue weighted by atomic mass is 9.92. The Kier molecular flexibility index (Phi) is 2.90. The van der Waals surface area contributed by atoms with Crippen LogP contribution in [0.3, 0.4) is 0 Å². The van der Waals surface area contributed by atoms with Crippen molar-refractivity contribution in [2.75, 3.05) is 0 Å². The van der Waals surface area contributed by atoms with Crippen molar-refractivity contribution >= 4 is 33.0 Å². The van der Waals surface area contributed by atoms with Gasteiger partial charge in [-0.15, -0.1) is 11.3 Å². The second kappa shape index (κ2) is 4.54. The average Bonchev–Trinajstić information content (AvgIpc) is 3.09. The van der Waals surface area contributed by atoms with Gasteiger partial charge in [-0.1, -0.05) is 24.3 Å². The summed E-state index contributed by atoms with van der Waals surface area (Å²) in [5, 5.41) is 0. The molecule has 20 heavy (non-hydrogen) atoms. The van der Waals surface area contributed by atoms with E-state index in [0.29, 0.717) is 17.6 Å². The van der Waals surface area contributed by atoms with E-state index < -0.39 is 0 Å². The highest BCUT2D eigenvalue weighted by atomic mass is 79.9. The van der Waals surface area contributed by atoms with Crippen LogP contribution in [0.5, 0.6) is 0 Å². The van der Waals surface area contributed by atoms with Gasteiger partial charge in [-0.2, -0.15) is 0 Å². The van der Waals surface area contributed by atoms with Crippen LogP contribution in [0.1, 0.15) is 38.7 Å². The third kappa shape index (κ3) is 1.83. The molecule has 2 aromatic rings. The summed E-state index contributed by atoms with van der Waals surface area (Å²) in [6, 6.07) is 10.7. The number of Topliss-reactive ketones (excluding diaryl/α,β-unsaturated/α-hetero) is 1. The quantitative estimate of drug-likeness (QED) is 0.701. The Morgan fingerprint density at radius 2 is 2.15 bits per heavy atom. The number of carbonyl (C=O) groups excluding carboxylic acids is 1. The third-order valence-corrected chi connectivity index (χ3v) is 6.34. The van der Waals surface area contributed by atoms with E-state index in [-0.39, 0.29) is 5.92 Å². The molecule has 4 rings (SSSR count). The van der Waals surface area contributed by atoms with E-state index in [4.69, 9.17) is 0 Å². The van der Waals surface area contributed by atoms with Gasteiger partial charge in [0.25, 0.3) is 0 Å². The van der Waals surface area contributed by atoms with E-state index in [1.165, 1.54) is 17.5 Å². The molecule has 2 aliphatic carbocycles. The van der Waals surface area contributed by atoms with Crippen LogP contribution < -0.4 is 0 Å². The first-order valence-electron chi connectivity index (χ1n) is 7.05. The zero-order valence-electron chi connectivity index (χ0n) is 11.2. The van der Waals surface area contributed by atoms with Gasteiger partial charge in [0.05, 0.1) is 3.79 Å². The van der Waals surface area contributed by atoms with E-state index in [0.717, 1.165) is 20.6 Å². The maximum atomic E-state index is 12.8. The van der Waals surface area contributed by atoms with Crippen molar-refractivity contribution in [3.05, 3.63) is 55.7 Å². The first kappa shape index (κ1) is 12.8. The number of ketones is 1. The minimum absolute atomic E-state index is 0.221. The summed E-state index contributed by atoms with van der Waals surface area (Å²) in [4.78, 5) is 13.9. The van der Waals surface area contributed by atoms with Crippen LogP contribution in [-0.2, 0) is 6.42 Å². The molecular weight excluding hydrogens is 332 g/mol. The average molecular weight is 347 g/mol. The van der Waals surface area contributed by atoms with E-state index in [9.17, 15) is 4.79 Å². The Bertz CT molecular complexity index is 703. The van der Waals surface area contributed by atoms with Gasteiger partial charge in [-0.05, 0) is 64.7 Å². The molecule has 2 aliphatic rings. The number of hydrogen-bond acceptors (Lipinski definition) is 2. The fourth-order valence-electron chi connectivity index (χ4n) is 3.79. The molecule has 3 heteroatoms.